The quantitative estimate of drug-likeness (QED) is 0.157. The van der Waals surface area contributed by atoms with E-state index in [0.29, 0.717) is 0 Å². The molecule has 5 heteroatoms. The smallest absolute Gasteiger partial charge is 0.137 e. The van der Waals surface area contributed by atoms with E-state index >= 15 is 0 Å². The summed E-state index contributed by atoms with van der Waals surface area (Å²) in [4.78, 5) is 4.75. The first-order chi connectivity index (χ1) is 23.7. The number of pyridine rings is 1. The standard InChI is InChI=1S/C44H46N4O/c1-9-14-38-44(43-31(7)29(5)28(4)30(6)32(43)8)40(15-10-2)48(46-38)33-16-13-17-34(25-33)49-35-20-21-37-36-18-11-12-19-39(36)47(41(37)26-35)42-24-27(3)22-23-45-42/h11-13,16-26H,9-10,14-15H2,1-8H3. The number of aryl methyl sites for hydroxylation is 2. The van der Waals surface area contributed by atoms with Crippen molar-refractivity contribution in [2.24, 2.45) is 0 Å². The summed E-state index contributed by atoms with van der Waals surface area (Å²) in [6.45, 7) is 17.9. The first-order valence-corrected chi connectivity index (χ1v) is 17.6. The van der Waals surface area contributed by atoms with Gasteiger partial charge in [0.1, 0.15) is 17.3 Å². The van der Waals surface area contributed by atoms with E-state index in [-0.39, 0.29) is 0 Å². The van der Waals surface area contributed by atoms with Crippen molar-refractivity contribution in [2.75, 3.05) is 0 Å². The van der Waals surface area contributed by atoms with Crippen molar-refractivity contribution in [1.82, 2.24) is 19.3 Å². The Kier molecular flexibility index (Phi) is 8.62. The zero-order valence-electron chi connectivity index (χ0n) is 30.1. The van der Waals surface area contributed by atoms with E-state index in [9.17, 15) is 0 Å². The maximum atomic E-state index is 6.64. The fourth-order valence-electron chi connectivity index (χ4n) is 7.48. The summed E-state index contributed by atoms with van der Waals surface area (Å²) in [5.41, 5.74) is 16.4. The molecule has 0 unspecified atom stereocenters. The molecule has 7 rings (SSSR count). The normalized spacial score (nSPS) is 11.6. The summed E-state index contributed by atoms with van der Waals surface area (Å²) in [6.07, 6.45) is 5.82. The van der Waals surface area contributed by atoms with Gasteiger partial charge in [-0.25, -0.2) is 9.67 Å². The van der Waals surface area contributed by atoms with Gasteiger partial charge in [-0.3, -0.25) is 4.57 Å². The molecule has 0 aliphatic rings. The molecule has 0 aliphatic heterocycles. The average Bonchev–Trinajstić information content (AvgIpc) is 3.62. The molecule has 5 nitrogen and oxygen atoms in total. The monoisotopic (exact) mass is 646 g/mol. The lowest BCUT2D eigenvalue weighted by Crippen LogP contribution is -2.05. The van der Waals surface area contributed by atoms with Crippen LogP contribution in [0.5, 0.6) is 11.5 Å². The van der Waals surface area contributed by atoms with Gasteiger partial charge >= 0.3 is 0 Å². The van der Waals surface area contributed by atoms with E-state index in [4.69, 9.17) is 14.8 Å². The predicted octanol–water partition coefficient (Wildman–Crippen LogP) is 11.6. The zero-order valence-corrected chi connectivity index (χ0v) is 30.1. The Hall–Kier alpha value is -5.16. The van der Waals surface area contributed by atoms with Crippen LogP contribution in [0.1, 0.15) is 71.5 Å². The number of hydrogen-bond donors (Lipinski definition) is 0. The molecule has 0 atom stereocenters. The molecule has 0 fully saturated rings. The number of fused-ring (bicyclic) bond motifs is 3. The highest BCUT2D eigenvalue weighted by molar-refractivity contribution is 6.09. The highest BCUT2D eigenvalue weighted by Crippen LogP contribution is 2.40. The highest BCUT2D eigenvalue weighted by Gasteiger charge is 2.25. The number of ether oxygens (including phenoxy) is 1. The molecule has 0 radical (unpaired) electrons. The largest absolute Gasteiger partial charge is 0.457 e. The topological polar surface area (TPSA) is 44.9 Å². The van der Waals surface area contributed by atoms with Crippen molar-refractivity contribution in [3.05, 3.63) is 130 Å². The Balaban J connectivity index is 1.34. The third-order valence-electron chi connectivity index (χ3n) is 10.4. The van der Waals surface area contributed by atoms with E-state index in [1.807, 2.05) is 18.3 Å². The molecule has 0 saturated carbocycles. The Morgan fingerprint density at radius 3 is 2.04 bits per heavy atom. The van der Waals surface area contributed by atoms with Crippen LogP contribution in [0, 0.1) is 41.5 Å². The van der Waals surface area contributed by atoms with Crippen LogP contribution in [0.2, 0.25) is 0 Å². The second-order valence-corrected chi connectivity index (χ2v) is 13.5. The first-order valence-electron chi connectivity index (χ1n) is 17.6. The van der Waals surface area contributed by atoms with Crippen LogP contribution in [0.25, 0.3) is 44.4 Å². The second-order valence-electron chi connectivity index (χ2n) is 13.5. The molecule has 0 saturated heterocycles. The summed E-state index contributed by atoms with van der Waals surface area (Å²) in [5.74, 6) is 2.45. The number of para-hydroxylation sites is 1. The molecule has 49 heavy (non-hydrogen) atoms. The van der Waals surface area contributed by atoms with Gasteiger partial charge in [0.15, 0.2) is 0 Å². The van der Waals surface area contributed by atoms with Gasteiger partial charge < -0.3 is 4.74 Å². The van der Waals surface area contributed by atoms with Crippen LogP contribution < -0.4 is 4.74 Å². The maximum absolute atomic E-state index is 6.64. The van der Waals surface area contributed by atoms with Crippen LogP contribution >= 0.6 is 0 Å². The van der Waals surface area contributed by atoms with Crippen molar-refractivity contribution in [3.63, 3.8) is 0 Å². The van der Waals surface area contributed by atoms with Gasteiger partial charge in [0.05, 0.1) is 28.1 Å². The molecule has 0 N–H and O–H groups in total. The molecular formula is C44H46N4O. The highest BCUT2D eigenvalue weighted by atomic mass is 16.5. The minimum Gasteiger partial charge on any atom is -0.457 e. The maximum Gasteiger partial charge on any atom is 0.137 e. The molecule has 7 aromatic rings. The third-order valence-corrected chi connectivity index (χ3v) is 10.4. The van der Waals surface area contributed by atoms with E-state index in [1.54, 1.807) is 0 Å². The van der Waals surface area contributed by atoms with Crippen molar-refractivity contribution >= 4 is 21.8 Å². The minimum atomic E-state index is 0.777. The number of benzene rings is 4. The molecular weight excluding hydrogens is 601 g/mol. The van der Waals surface area contributed by atoms with Crippen LogP contribution in [-0.4, -0.2) is 19.3 Å². The lowest BCUT2D eigenvalue weighted by atomic mass is 9.84. The molecule has 4 aromatic carbocycles. The lowest BCUT2D eigenvalue weighted by molar-refractivity contribution is 0.482. The molecule has 0 aliphatic carbocycles. The van der Waals surface area contributed by atoms with Crippen molar-refractivity contribution in [1.29, 1.82) is 0 Å². The lowest BCUT2D eigenvalue weighted by Gasteiger charge is -2.20. The Labute approximate surface area is 290 Å². The van der Waals surface area contributed by atoms with E-state index in [2.05, 4.69) is 131 Å². The van der Waals surface area contributed by atoms with E-state index in [0.717, 1.165) is 59.7 Å². The molecule has 3 aromatic heterocycles. The first kappa shape index (κ1) is 32.4. The Morgan fingerprint density at radius 1 is 0.612 bits per heavy atom. The average molecular weight is 647 g/mol. The van der Waals surface area contributed by atoms with Gasteiger partial charge in [-0.15, -0.1) is 0 Å². The SMILES string of the molecule is CCCc1nn(-c2cccc(Oc3ccc4c5ccccc5n(-c5cc(C)ccn5)c4c3)c2)c(CCC)c1-c1c(C)c(C)c(C)c(C)c1C. The van der Waals surface area contributed by atoms with Crippen molar-refractivity contribution < 1.29 is 4.74 Å². The Morgan fingerprint density at radius 2 is 1.31 bits per heavy atom. The summed E-state index contributed by atoms with van der Waals surface area (Å²) >= 11 is 0. The fourth-order valence-corrected chi connectivity index (χ4v) is 7.48. The van der Waals surface area contributed by atoms with Crippen LogP contribution in [0.3, 0.4) is 0 Å². The molecule has 0 bridgehead atoms. The number of aromatic nitrogens is 4. The van der Waals surface area contributed by atoms with Gasteiger partial charge in [0, 0.05) is 34.7 Å². The zero-order chi connectivity index (χ0) is 34.4. The van der Waals surface area contributed by atoms with Crippen LogP contribution in [0.4, 0.5) is 0 Å². The fraction of sp³-hybridized carbons (Fsp3) is 0.273. The molecule has 0 amide bonds. The second kappa shape index (κ2) is 13.0. The van der Waals surface area contributed by atoms with Gasteiger partial charge in [0.2, 0.25) is 0 Å². The summed E-state index contributed by atoms with van der Waals surface area (Å²) in [7, 11) is 0. The number of rotatable bonds is 9. The molecule has 0 spiro atoms. The van der Waals surface area contributed by atoms with Crippen molar-refractivity contribution in [3.8, 4) is 34.1 Å². The summed E-state index contributed by atoms with van der Waals surface area (Å²) in [6, 6.07) is 27.4. The summed E-state index contributed by atoms with van der Waals surface area (Å²) < 4.78 is 11.1. The molecule has 3 heterocycles. The Bertz CT molecular complexity index is 2330. The van der Waals surface area contributed by atoms with E-state index in [1.165, 1.54) is 66.7 Å². The van der Waals surface area contributed by atoms with Gasteiger partial charge in [0.25, 0.3) is 0 Å². The van der Waals surface area contributed by atoms with Crippen LogP contribution in [0.15, 0.2) is 85.1 Å². The van der Waals surface area contributed by atoms with Crippen LogP contribution in [-0.2, 0) is 12.8 Å². The van der Waals surface area contributed by atoms with Gasteiger partial charge in [-0.1, -0.05) is 51.0 Å². The van der Waals surface area contributed by atoms with Gasteiger partial charge in [-0.2, -0.15) is 5.10 Å². The number of nitrogens with zero attached hydrogens (tertiary/aromatic N) is 4. The van der Waals surface area contributed by atoms with E-state index < -0.39 is 0 Å². The molecule has 248 valence electrons. The number of hydrogen-bond acceptors (Lipinski definition) is 3. The third kappa shape index (κ3) is 5.61. The predicted molar refractivity (Wildman–Crippen MR) is 204 cm³/mol. The minimum absolute atomic E-state index is 0.777. The van der Waals surface area contributed by atoms with Gasteiger partial charge in [-0.05, 0) is 136 Å². The van der Waals surface area contributed by atoms with Crippen molar-refractivity contribution in [2.45, 2.75) is 81.1 Å². The summed E-state index contributed by atoms with van der Waals surface area (Å²) in [5, 5.41) is 7.71.